The van der Waals surface area contributed by atoms with Gasteiger partial charge in [-0.15, -0.1) is 0 Å². The maximum absolute atomic E-state index is 11.7. The first-order chi connectivity index (χ1) is 10.5. The van der Waals surface area contributed by atoms with Crippen LogP contribution in [0.2, 0.25) is 0 Å². The van der Waals surface area contributed by atoms with Crippen molar-refractivity contribution in [1.82, 2.24) is 0 Å². The second-order valence-corrected chi connectivity index (χ2v) is 7.16. The van der Waals surface area contributed by atoms with E-state index >= 15 is 0 Å². The van der Waals surface area contributed by atoms with Gasteiger partial charge in [-0.05, 0) is 11.1 Å². The average Bonchev–Trinajstić information content (AvgIpc) is 2.52. The Bertz CT molecular complexity index is 752. The third-order valence-corrected chi connectivity index (χ3v) is 4.79. The molecule has 2 aromatic carbocycles. The summed E-state index contributed by atoms with van der Waals surface area (Å²) in [6.45, 7) is -0.640. The standard InChI is InChI=1S/C16H17NO4S/c1-22(20,21)15(11-18)16(17-19)14-9-7-13(8-10-14)12-5-3-2-4-6-12/h2-10,15,18-19H,11H2,1H3/b17-16+. The molecule has 0 aromatic heterocycles. The van der Waals surface area contributed by atoms with Gasteiger partial charge < -0.3 is 10.3 Å². The highest BCUT2D eigenvalue weighted by Crippen LogP contribution is 2.20. The molecule has 0 aliphatic carbocycles. The highest BCUT2D eigenvalue weighted by Gasteiger charge is 2.27. The van der Waals surface area contributed by atoms with E-state index in [0.717, 1.165) is 17.4 Å². The van der Waals surface area contributed by atoms with Gasteiger partial charge in [0.25, 0.3) is 0 Å². The van der Waals surface area contributed by atoms with Crippen molar-refractivity contribution in [1.29, 1.82) is 0 Å². The summed E-state index contributed by atoms with van der Waals surface area (Å²) in [5, 5.41) is 20.3. The molecule has 0 radical (unpaired) electrons. The van der Waals surface area contributed by atoms with Crippen LogP contribution in [0.3, 0.4) is 0 Å². The zero-order valence-corrected chi connectivity index (χ0v) is 12.9. The van der Waals surface area contributed by atoms with Crippen molar-refractivity contribution < 1.29 is 18.7 Å². The molecule has 0 aliphatic rings. The van der Waals surface area contributed by atoms with Crippen LogP contribution < -0.4 is 0 Å². The number of hydrogen-bond acceptors (Lipinski definition) is 5. The monoisotopic (exact) mass is 319 g/mol. The SMILES string of the molecule is CS(=O)(=O)C(CO)/C(=N/O)c1ccc(-c2ccccc2)cc1. The maximum Gasteiger partial charge on any atom is 0.158 e. The first kappa shape index (κ1) is 16.2. The molecule has 22 heavy (non-hydrogen) atoms. The highest BCUT2D eigenvalue weighted by molar-refractivity contribution is 7.92. The van der Waals surface area contributed by atoms with E-state index in [4.69, 9.17) is 5.21 Å². The minimum atomic E-state index is -3.58. The molecule has 0 fully saturated rings. The van der Waals surface area contributed by atoms with Gasteiger partial charge in [0.1, 0.15) is 11.0 Å². The Morgan fingerprint density at radius 3 is 2.05 bits per heavy atom. The second kappa shape index (κ2) is 6.72. The van der Waals surface area contributed by atoms with Crippen molar-refractivity contribution in [3.8, 4) is 11.1 Å². The lowest BCUT2D eigenvalue weighted by Gasteiger charge is -2.14. The fourth-order valence-corrected chi connectivity index (χ4v) is 3.06. The van der Waals surface area contributed by atoms with Gasteiger partial charge in [0, 0.05) is 11.8 Å². The largest absolute Gasteiger partial charge is 0.411 e. The molecule has 0 heterocycles. The van der Waals surface area contributed by atoms with E-state index < -0.39 is 21.7 Å². The molecule has 5 nitrogen and oxygen atoms in total. The topological polar surface area (TPSA) is 87.0 Å². The lowest BCUT2D eigenvalue weighted by molar-refractivity contribution is 0.296. The Morgan fingerprint density at radius 2 is 1.59 bits per heavy atom. The first-order valence-corrected chi connectivity index (χ1v) is 8.60. The second-order valence-electron chi connectivity index (χ2n) is 4.93. The van der Waals surface area contributed by atoms with Gasteiger partial charge in [0.15, 0.2) is 9.84 Å². The van der Waals surface area contributed by atoms with Gasteiger partial charge >= 0.3 is 0 Å². The minimum Gasteiger partial charge on any atom is -0.411 e. The van der Waals surface area contributed by atoms with E-state index in [1.54, 1.807) is 12.1 Å². The molecule has 1 unspecified atom stereocenters. The quantitative estimate of drug-likeness (QED) is 0.501. The zero-order chi connectivity index (χ0) is 16.2. The summed E-state index contributed by atoms with van der Waals surface area (Å²) >= 11 is 0. The molecule has 0 spiro atoms. The van der Waals surface area contributed by atoms with Crippen molar-refractivity contribution >= 4 is 15.5 Å². The molecule has 116 valence electrons. The molecular formula is C16H17NO4S. The van der Waals surface area contributed by atoms with E-state index in [1.807, 2.05) is 42.5 Å². The lowest BCUT2D eigenvalue weighted by atomic mass is 10.0. The lowest BCUT2D eigenvalue weighted by Crippen LogP contribution is -2.33. The van der Waals surface area contributed by atoms with Crippen molar-refractivity contribution in [2.75, 3.05) is 12.9 Å². The van der Waals surface area contributed by atoms with E-state index in [9.17, 15) is 13.5 Å². The van der Waals surface area contributed by atoms with Crippen LogP contribution in [0.15, 0.2) is 59.8 Å². The number of aliphatic hydroxyl groups is 1. The molecule has 6 heteroatoms. The Kier molecular flexibility index (Phi) is 4.95. The Hall–Kier alpha value is -2.18. The van der Waals surface area contributed by atoms with Gasteiger partial charge in [-0.3, -0.25) is 0 Å². The third-order valence-electron chi connectivity index (χ3n) is 3.38. The number of rotatable bonds is 5. The molecular weight excluding hydrogens is 302 g/mol. The molecule has 2 rings (SSSR count). The van der Waals surface area contributed by atoms with E-state index in [1.165, 1.54) is 0 Å². The van der Waals surface area contributed by atoms with Crippen LogP contribution in [0.4, 0.5) is 0 Å². The fraction of sp³-hybridized carbons (Fsp3) is 0.188. The van der Waals surface area contributed by atoms with Gasteiger partial charge in [0.05, 0.1) is 6.61 Å². The Morgan fingerprint density at radius 1 is 1.05 bits per heavy atom. The maximum atomic E-state index is 11.7. The van der Waals surface area contributed by atoms with E-state index in [-0.39, 0.29) is 5.71 Å². The number of nitrogens with zero attached hydrogens (tertiary/aromatic N) is 1. The van der Waals surface area contributed by atoms with Crippen molar-refractivity contribution in [3.63, 3.8) is 0 Å². The predicted octanol–water partition coefficient (Wildman–Crippen LogP) is 1.94. The summed E-state index contributed by atoms with van der Waals surface area (Å²) < 4.78 is 23.3. The molecule has 2 N–H and O–H groups in total. The smallest absolute Gasteiger partial charge is 0.158 e. The third kappa shape index (κ3) is 3.52. The highest BCUT2D eigenvalue weighted by atomic mass is 32.2. The summed E-state index contributed by atoms with van der Waals surface area (Å²) in [6.07, 6.45) is 0.997. The van der Waals surface area contributed by atoms with Crippen LogP contribution in [0.1, 0.15) is 5.56 Å². The van der Waals surface area contributed by atoms with Crippen LogP contribution in [-0.4, -0.2) is 42.6 Å². The fourth-order valence-electron chi connectivity index (χ4n) is 2.20. The summed E-state index contributed by atoms with van der Waals surface area (Å²) in [6, 6.07) is 16.7. The molecule has 0 saturated heterocycles. The van der Waals surface area contributed by atoms with Gasteiger partial charge in [-0.25, -0.2) is 8.42 Å². The summed E-state index contributed by atoms with van der Waals surface area (Å²) in [5.41, 5.74) is 2.37. The molecule has 0 bridgehead atoms. The Balaban J connectivity index is 2.37. The number of aliphatic hydroxyl groups excluding tert-OH is 1. The molecule has 0 saturated carbocycles. The zero-order valence-electron chi connectivity index (χ0n) is 12.0. The van der Waals surface area contributed by atoms with E-state index in [2.05, 4.69) is 5.16 Å². The summed E-state index contributed by atoms with van der Waals surface area (Å²) in [7, 11) is -3.58. The average molecular weight is 319 g/mol. The van der Waals surface area contributed by atoms with Crippen LogP contribution in [-0.2, 0) is 9.84 Å². The van der Waals surface area contributed by atoms with Crippen molar-refractivity contribution in [2.45, 2.75) is 5.25 Å². The number of sulfone groups is 1. The van der Waals surface area contributed by atoms with Crippen LogP contribution in [0, 0.1) is 0 Å². The van der Waals surface area contributed by atoms with Crippen LogP contribution >= 0.6 is 0 Å². The molecule has 0 aliphatic heterocycles. The van der Waals surface area contributed by atoms with Crippen LogP contribution in [0.25, 0.3) is 11.1 Å². The number of hydrogen-bond donors (Lipinski definition) is 2. The number of benzene rings is 2. The molecule has 1 atom stereocenters. The molecule has 2 aromatic rings. The number of oxime groups is 1. The van der Waals surface area contributed by atoms with Crippen molar-refractivity contribution in [2.24, 2.45) is 5.16 Å². The normalized spacial score (nSPS) is 13.8. The van der Waals surface area contributed by atoms with Crippen molar-refractivity contribution in [3.05, 3.63) is 60.2 Å². The van der Waals surface area contributed by atoms with Crippen LogP contribution in [0.5, 0.6) is 0 Å². The first-order valence-electron chi connectivity index (χ1n) is 6.65. The molecule has 0 amide bonds. The predicted molar refractivity (Wildman–Crippen MR) is 85.9 cm³/mol. The van der Waals surface area contributed by atoms with Gasteiger partial charge in [0.2, 0.25) is 0 Å². The van der Waals surface area contributed by atoms with Gasteiger partial charge in [-0.2, -0.15) is 0 Å². The Labute approximate surface area is 129 Å². The van der Waals surface area contributed by atoms with Gasteiger partial charge in [-0.1, -0.05) is 59.8 Å². The summed E-state index contributed by atoms with van der Waals surface area (Å²) in [4.78, 5) is 0. The minimum absolute atomic E-state index is 0.0652. The summed E-state index contributed by atoms with van der Waals surface area (Å²) in [5.74, 6) is 0. The van der Waals surface area contributed by atoms with E-state index in [0.29, 0.717) is 5.56 Å².